The van der Waals surface area contributed by atoms with Crippen molar-refractivity contribution in [2.45, 2.75) is 26.3 Å². The van der Waals surface area contributed by atoms with Crippen LogP contribution in [0, 0.1) is 5.92 Å². The first kappa shape index (κ1) is 25.9. The lowest BCUT2D eigenvalue weighted by molar-refractivity contribution is 0.0971. The third kappa shape index (κ3) is 4.65. The Kier molecular flexibility index (Phi) is 7.17. The van der Waals surface area contributed by atoms with E-state index in [0.29, 0.717) is 52.0 Å². The standard InChI is InChI=1S/C30H28BrNO6/c1-17(2)12-13-37-24-10-8-18(14-25(24)36-4)27-26-28(33)22-15-19(31)9-11-23(22)38-29(26)30(34)32(27)20-6-5-7-21(16-20)35-3/h5-11,14-17,27H,12-13H2,1-4H3. The molecule has 1 unspecified atom stereocenters. The number of nitrogens with zero attached hydrogens (tertiary/aromatic N) is 1. The van der Waals surface area contributed by atoms with E-state index in [4.69, 9.17) is 18.6 Å². The van der Waals surface area contributed by atoms with E-state index in [2.05, 4.69) is 29.8 Å². The van der Waals surface area contributed by atoms with Crippen molar-refractivity contribution in [1.29, 1.82) is 0 Å². The quantitative estimate of drug-likeness (QED) is 0.230. The summed E-state index contributed by atoms with van der Waals surface area (Å²) in [5.41, 5.74) is 1.63. The second-order valence-electron chi connectivity index (χ2n) is 9.53. The second kappa shape index (κ2) is 10.5. The third-order valence-electron chi connectivity index (χ3n) is 6.62. The third-order valence-corrected chi connectivity index (χ3v) is 7.11. The summed E-state index contributed by atoms with van der Waals surface area (Å²) in [5.74, 6) is 1.83. The number of carbonyl (C=O) groups is 1. The molecular weight excluding hydrogens is 550 g/mol. The fourth-order valence-corrected chi connectivity index (χ4v) is 5.03. The highest BCUT2D eigenvalue weighted by Crippen LogP contribution is 2.44. The number of benzene rings is 3. The van der Waals surface area contributed by atoms with Crippen LogP contribution in [0.1, 0.15) is 48.0 Å². The highest BCUT2D eigenvalue weighted by molar-refractivity contribution is 9.10. The molecule has 3 aromatic carbocycles. The number of halogens is 1. The summed E-state index contributed by atoms with van der Waals surface area (Å²) in [6, 6.07) is 17.1. The number of methoxy groups -OCH3 is 2. The van der Waals surface area contributed by atoms with E-state index < -0.39 is 11.9 Å². The Morgan fingerprint density at radius 1 is 0.974 bits per heavy atom. The fraction of sp³-hybridized carbons (Fsp3) is 0.267. The molecule has 1 atom stereocenters. The zero-order chi connectivity index (χ0) is 27.0. The van der Waals surface area contributed by atoms with Crippen molar-refractivity contribution in [3.05, 3.63) is 92.2 Å². The summed E-state index contributed by atoms with van der Waals surface area (Å²) in [6.07, 6.45) is 0.905. The van der Waals surface area contributed by atoms with Gasteiger partial charge in [0.25, 0.3) is 5.91 Å². The van der Waals surface area contributed by atoms with Gasteiger partial charge in [-0.25, -0.2) is 0 Å². The minimum atomic E-state index is -0.747. The number of fused-ring (bicyclic) bond motifs is 2. The summed E-state index contributed by atoms with van der Waals surface area (Å²) >= 11 is 3.44. The van der Waals surface area contributed by atoms with Crippen LogP contribution in [-0.4, -0.2) is 26.7 Å². The van der Waals surface area contributed by atoms with Gasteiger partial charge in [0, 0.05) is 16.2 Å². The maximum absolute atomic E-state index is 13.9. The monoisotopic (exact) mass is 577 g/mol. The number of hydrogen-bond donors (Lipinski definition) is 0. The summed E-state index contributed by atoms with van der Waals surface area (Å²) < 4.78 is 23.9. The molecule has 1 amide bonds. The Balaban J connectivity index is 1.69. The highest BCUT2D eigenvalue weighted by Gasteiger charge is 2.44. The van der Waals surface area contributed by atoms with Gasteiger partial charge >= 0.3 is 0 Å². The molecule has 0 aliphatic carbocycles. The Morgan fingerprint density at radius 3 is 2.53 bits per heavy atom. The molecule has 196 valence electrons. The number of rotatable bonds is 8. The lowest BCUT2D eigenvalue weighted by atomic mass is 9.97. The topological polar surface area (TPSA) is 78.2 Å². The van der Waals surface area contributed by atoms with E-state index in [0.717, 1.165) is 10.9 Å². The van der Waals surface area contributed by atoms with Crippen molar-refractivity contribution in [2.75, 3.05) is 25.7 Å². The normalized spacial score (nSPS) is 14.7. The number of carbonyl (C=O) groups excluding carboxylic acids is 1. The molecular formula is C30H28BrNO6. The molecule has 0 saturated carbocycles. The van der Waals surface area contributed by atoms with Gasteiger partial charge in [0.15, 0.2) is 16.9 Å². The Bertz CT molecular complexity index is 1580. The van der Waals surface area contributed by atoms with E-state index in [-0.39, 0.29) is 16.8 Å². The van der Waals surface area contributed by atoms with Crippen LogP contribution < -0.4 is 24.5 Å². The zero-order valence-corrected chi connectivity index (χ0v) is 23.2. The Labute approximate surface area is 229 Å². The number of anilines is 1. The molecule has 2 heterocycles. The van der Waals surface area contributed by atoms with Gasteiger partial charge in [-0.3, -0.25) is 14.5 Å². The van der Waals surface area contributed by atoms with Crippen LogP contribution >= 0.6 is 15.9 Å². The first-order chi connectivity index (χ1) is 18.3. The number of ether oxygens (including phenoxy) is 3. The van der Waals surface area contributed by atoms with Crippen LogP contribution in [0.3, 0.4) is 0 Å². The lowest BCUT2D eigenvalue weighted by Gasteiger charge is -2.26. The minimum Gasteiger partial charge on any atom is -0.497 e. The van der Waals surface area contributed by atoms with Crippen LogP contribution in [0.4, 0.5) is 5.69 Å². The van der Waals surface area contributed by atoms with Crippen LogP contribution in [0.25, 0.3) is 11.0 Å². The van der Waals surface area contributed by atoms with Gasteiger partial charge in [0.05, 0.1) is 37.8 Å². The second-order valence-corrected chi connectivity index (χ2v) is 10.5. The van der Waals surface area contributed by atoms with Gasteiger partial charge in [-0.15, -0.1) is 0 Å². The van der Waals surface area contributed by atoms with Gasteiger partial charge in [0.2, 0.25) is 5.76 Å². The van der Waals surface area contributed by atoms with Gasteiger partial charge in [-0.05, 0) is 60.4 Å². The summed E-state index contributed by atoms with van der Waals surface area (Å²) in [5, 5.41) is 0.393. The predicted octanol–water partition coefficient (Wildman–Crippen LogP) is 6.75. The Hall–Kier alpha value is -3.78. The van der Waals surface area contributed by atoms with Crippen molar-refractivity contribution < 1.29 is 23.4 Å². The lowest BCUT2D eigenvalue weighted by Crippen LogP contribution is -2.29. The smallest absolute Gasteiger partial charge is 0.295 e. The van der Waals surface area contributed by atoms with Crippen molar-refractivity contribution in [1.82, 2.24) is 0 Å². The van der Waals surface area contributed by atoms with Crippen molar-refractivity contribution in [3.8, 4) is 17.2 Å². The van der Waals surface area contributed by atoms with Crippen molar-refractivity contribution >= 4 is 38.5 Å². The van der Waals surface area contributed by atoms with Crippen LogP contribution in [0.5, 0.6) is 17.2 Å². The molecule has 1 aliphatic heterocycles. The molecule has 4 aromatic rings. The molecule has 8 heteroatoms. The van der Waals surface area contributed by atoms with Crippen LogP contribution in [0.15, 0.2) is 74.3 Å². The molecule has 38 heavy (non-hydrogen) atoms. The van der Waals surface area contributed by atoms with Crippen molar-refractivity contribution in [3.63, 3.8) is 0 Å². The predicted molar refractivity (Wildman–Crippen MR) is 150 cm³/mol. The molecule has 5 rings (SSSR count). The van der Waals surface area contributed by atoms with E-state index in [1.54, 1.807) is 61.6 Å². The van der Waals surface area contributed by atoms with E-state index in [9.17, 15) is 9.59 Å². The summed E-state index contributed by atoms with van der Waals surface area (Å²) in [6.45, 7) is 4.83. The van der Waals surface area contributed by atoms with Crippen LogP contribution in [-0.2, 0) is 0 Å². The summed E-state index contributed by atoms with van der Waals surface area (Å²) in [7, 11) is 3.14. The summed E-state index contributed by atoms with van der Waals surface area (Å²) in [4.78, 5) is 29.3. The van der Waals surface area contributed by atoms with Gasteiger partial charge in [-0.1, -0.05) is 41.9 Å². The SMILES string of the molecule is COc1cccc(N2C(=O)c3oc4ccc(Br)cc4c(=O)c3C2c2ccc(OCCC(C)C)c(OC)c2)c1. The molecule has 7 nitrogen and oxygen atoms in total. The zero-order valence-electron chi connectivity index (χ0n) is 21.6. The highest BCUT2D eigenvalue weighted by atomic mass is 79.9. The van der Waals surface area contributed by atoms with Gasteiger partial charge in [0.1, 0.15) is 11.3 Å². The fourth-order valence-electron chi connectivity index (χ4n) is 4.67. The largest absolute Gasteiger partial charge is 0.497 e. The molecule has 0 saturated heterocycles. The van der Waals surface area contributed by atoms with Gasteiger partial charge in [-0.2, -0.15) is 0 Å². The number of hydrogen-bond acceptors (Lipinski definition) is 6. The van der Waals surface area contributed by atoms with Gasteiger partial charge < -0.3 is 18.6 Å². The molecule has 0 fully saturated rings. The molecule has 1 aromatic heterocycles. The first-order valence-electron chi connectivity index (χ1n) is 12.4. The molecule has 1 aliphatic rings. The maximum atomic E-state index is 13.9. The van der Waals surface area contributed by atoms with E-state index in [1.807, 2.05) is 18.2 Å². The number of amides is 1. The molecule has 0 N–H and O–H groups in total. The first-order valence-corrected chi connectivity index (χ1v) is 13.2. The molecule has 0 radical (unpaired) electrons. The van der Waals surface area contributed by atoms with E-state index >= 15 is 0 Å². The molecule has 0 bridgehead atoms. The minimum absolute atomic E-state index is 0.0221. The average molecular weight is 578 g/mol. The molecule has 0 spiro atoms. The van der Waals surface area contributed by atoms with E-state index in [1.165, 1.54) is 0 Å². The maximum Gasteiger partial charge on any atom is 0.295 e. The Morgan fingerprint density at radius 2 is 1.79 bits per heavy atom. The van der Waals surface area contributed by atoms with Crippen molar-refractivity contribution in [2.24, 2.45) is 5.92 Å². The average Bonchev–Trinajstić information content (AvgIpc) is 3.21. The van der Waals surface area contributed by atoms with Crippen LogP contribution in [0.2, 0.25) is 0 Å².